The quantitative estimate of drug-likeness (QED) is 0.299. The number of thiocarbonyl (C=S) groups is 1. The van der Waals surface area contributed by atoms with Crippen molar-refractivity contribution >= 4 is 34.7 Å². The van der Waals surface area contributed by atoms with Gasteiger partial charge in [0, 0.05) is 18.6 Å². The Morgan fingerprint density at radius 2 is 1.91 bits per heavy atom. The number of hydrogen-bond donors (Lipinski definition) is 3. The first-order valence-electron chi connectivity index (χ1n) is 12.5. The summed E-state index contributed by atoms with van der Waals surface area (Å²) < 4.78 is 5.15. The molecule has 1 unspecified atom stereocenters. The normalized spacial score (nSPS) is 16.2. The highest BCUT2D eigenvalue weighted by atomic mass is 32.1. The second-order valence-electron chi connectivity index (χ2n) is 9.71. The van der Waals surface area contributed by atoms with Crippen LogP contribution in [0.3, 0.4) is 0 Å². The number of nitrogens with zero attached hydrogens (tertiary/aromatic N) is 1. The Balaban J connectivity index is 2.38. The average Bonchev–Trinajstić information content (AvgIpc) is 2.78. The average molecular weight is 478 g/mol. The number of carbonyl (C=O) groups is 1. The topological polar surface area (TPSA) is 73.8 Å². The lowest BCUT2D eigenvalue weighted by Gasteiger charge is -2.39. The maximum atomic E-state index is 12.0. The van der Waals surface area contributed by atoms with Crippen molar-refractivity contribution in [1.29, 1.82) is 0 Å². The van der Waals surface area contributed by atoms with E-state index in [4.69, 9.17) is 17.0 Å². The highest BCUT2D eigenvalue weighted by molar-refractivity contribution is 7.80. The van der Waals surface area contributed by atoms with Crippen molar-refractivity contribution in [1.82, 2.24) is 5.32 Å². The molecule has 1 aromatic rings. The zero-order valence-electron chi connectivity index (χ0n) is 21.0. The fraction of sp³-hybridized carbons (Fsp3) is 0.692. The van der Waals surface area contributed by atoms with Crippen LogP contribution in [0, 0.1) is 5.92 Å². The van der Waals surface area contributed by atoms with Gasteiger partial charge in [-0.25, -0.2) is 0 Å². The highest BCUT2D eigenvalue weighted by Crippen LogP contribution is 2.36. The van der Waals surface area contributed by atoms with Crippen molar-refractivity contribution < 1.29 is 14.6 Å². The van der Waals surface area contributed by atoms with Crippen LogP contribution in [0.2, 0.25) is 0 Å². The third-order valence-corrected chi connectivity index (χ3v) is 6.37. The van der Waals surface area contributed by atoms with E-state index in [-0.39, 0.29) is 24.5 Å². The molecule has 0 saturated heterocycles. The first kappa shape index (κ1) is 27.4. The number of aliphatic hydroxyl groups is 1. The summed E-state index contributed by atoms with van der Waals surface area (Å²) in [7, 11) is 0. The van der Waals surface area contributed by atoms with E-state index in [0.29, 0.717) is 30.1 Å². The summed E-state index contributed by atoms with van der Waals surface area (Å²) >= 11 is 5.56. The second-order valence-corrected chi connectivity index (χ2v) is 10.1. The lowest BCUT2D eigenvalue weighted by Crippen LogP contribution is -2.41. The second kappa shape index (κ2) is 13.8. The molecule has 0 radical (unpaired) electrons. The molecule has 6 nitrogen and oxygen atoms in total. The molecule has 1 aliphatic carbocycles. The molecule has 0 spiro atoms. The smallest absolute Gasteiger partial charge is 0.306 e. The molecule has 0 amide bonds. The van der Waals surface area contributed by atoms with Crippen molar-refractivity contribution in [2.24, 2.45) is 5.92 Å². The van der Waals surface area contributed by atoms with Crippen LogP contribution in [0.4, 0.5) is 11.4 Å². The van der Waals surface area contributed by atoms with Crippen LogP contribution in [-0.2, 0) is 9.53 Å². The Labute approximate surface area is 205 Å². The third kappa shape index (κ3) is 8.78. The lowest BCUT2D eigenvalue weighted by molar-refractivity contribution is -0.143. The van der Waals surface area contributed by atoms with Gasteiger partial charge in [-0.3, -0.25) is 4.79 Å². The summed E-state index contributed by atoms with van der Waals surface area (Å²) in [5.41, 5.74) is 3.15. The molecule has 0 aliphatic heterocycles. The number of esters is 1. The molecule has 2 rings (SSSR count). The van der Waals surface area contributed by atoms with Crippen LogP contribution in [-0.4, -0.2) is 48.0 Å². The van der Waals surface area contributed by atoms with E-state index in [2.05, 4.69) is 47.6 Å². The monoisotopic (exact) mass is 477 g/mol. The van der Waals surface area contributed by atoms with Gasteiger partial charge in [0.05, 0.1) is 31.0 Å². The van der Waals surface area contributed by atoms with Crippen LogP contribution in [0.5, 0.6) is 0 Å². The summed E-state index contributed by atoms with van der Waals surface area (Å²) in [5.74, 6) is 0.382. The molecule has 1 aliphatic rings. The van der Waals surface area contributed by atoms with Crippen LogP contribution in [0.1, 0.15) is 84.6 Å². The molecule has 7 heteroatoms. The Bertz CT molecular complexity index is 765. The van der Waals surface area contributed by atoms with Gasteiger partial charge in [-0.15, -0.1) is 0 Å². The van der Waals surface area contributed by atoms with E-state index in [1.807, 2.05) is 20.8 Å². The van der Waals surface area contributed by atoms with E-state index in [9.17, 15) is 9.90 Å². The Hall–Kier alpha value is -1.86. The fourth-order valence-corrected chi connectivity index (χ4v) is 4.77. The molecule has 1 saturated carbocycles. The molecule has 0 bridgehead atoms. The molecule has 0 heterocycles. The first-order valence-corrected chi connectivity index (χ1v) is 12.9. The molecule has 33 heavy (non-hydrogen) atoms. The van der Waals surface area contributed by atoms with Crippen molar-refractivity contribution in [2.75, 3.05) is 30.0 Å². The molecular formula is C26H43N3O3S. The van der Waals surface area contributed by atoms with Gasteiger partial charge in [-0.05, 0) is 68.4 Å². The summed E-state index contributed by atoms with van der Waals surface area (Å²) in [6, 6.07) is 6.81. The number of benzene rings is 1. The van der Waals surface area contributed by atoms with Gasteiger partial charge in [-0.1, -0.05) is 46.1 Å². The molecule has 1 aromatic carbocycles. The predicted octanol–water partition coefficient (Wildman–Crippen LogP) is 5.21. The molecule has 0 aromatic heterocycles. The van der Waals surface area contributed by atoms with Crippen LogP contribution < -0.4 is 15.5 Å². The number of ether oxygens (including phenoxy) is 1. The van der Waals surface area contributed by atoms with E-state index >= 15 is 0 Å². The third-order valence-electron chi connectivity index (χ3n) is 6.15. The van der Waals surface area contributed by atoms with Crippen molar-refractivity contribution in [2.45, 2.75) is 91.1 Å². The molecular weight excluding hydrogens is 434 g/mol. The number of anilines is 2. The Morgan fingerprint density at radius 3 is 2.52 bits per heavy atom. The first-order chi connectivity index (χ1) is 15.7. The van der Waals surface area contributed by atoms with E-state index in [1.54, 1.807) is 0 Å². The fourth-order valence-electron chi connectivity index (χ4n) is 4.46. The standard InChI is InChI=1S/C26H43N3O3S/c1-6-32-25(31)14-19(4)21-12-13-24(23(15-21)28-26(33)27-20(5)17-30)29(16-18(2)3)22-10-8-7-9-11-22/h12-13,15,18-20,22,30H,6-11,14,16-17H2,1-5H3,(H2,27,28,33)/t19?,20-/m0/s1. The van der Waals surface area contributed by atoms with Gasteiger partial charge < -0.3 is 25.4 Å². The summed E-state index contributed by atoms with van der Waals surface area (Å²) in [4.78, 5) is 14.6. The molecule has 2 atom stereocenters. The van der Waals surface area contributed by atoms with Crippen molar-refractivity contribution in [3.63, 3.8) is 0 Å². The van der Waals surface area contributed by atoms with Gasteiger partial charge >= 0.3 is 5.97 Å². The van der Waals surface area contributed by atoms with Crippen molar-refractivity contribution in [3.05, 3.63) is 23.8 Å². The zero-order chi connectivity index (χ0) is 24.4. The molecule has 186 valence electrons. The van der Waals surface area contributed by atoms with Crippen LogP contribution in [0.15, 0.2) is 18.2 Å². The molecule has 3 N–H and O–H groups in total. The predicted molar refractivity (Wildman–Crippen MR) is 141 cm³/mol. The summed E-state index contributed by atoms with van der Waals surface area (Å²) in [5, 5.41) is 16.4. The van der Waals surface area contributed by atoms with Gasteiger partial charge in [0.2, 0.25) is 0 Å². The van der Waals surface area contributed by atoms with Crippen molar-refractivity contribution in [3.8, 4) is 0 Å². The van der Waals surface area contributed by atoms with E-state index < -0.39 is 0 Å². The number of nitrogens with one attached hydrogen (secondary N) is 2. The number of hydrogen-bond acceptors (Lipinski definition) is 5. The minimum Gasteiger partial charge on any atom is -0.466 e. The van der Waals surface area contributed by atoms with Crippen LogP contribution >= 0.6 is 12.2 Å². The largest absolute Gasteiger partial charge is 0.466 e. The highest BCUT2D eigenvalue weighted by Gasteiger charge is 2.25. The number of rotatable bonds is 11. The van der Waals surface area contributed by atoms with Gasteiger partial charge in [0.15, 0.2) is 5.11 Å². The zero-order valence-corrected chi connectivity index (χ0v) is 21.8. The van der Waals surface area contributed by atoms with Gasteiger partial charge in [0.1, 0.15) is 0 Å². The number of carbonyl (C=O) groups excluding carboxylic acids is 1. The summed E-state index contributed by atoms with van der Waals surface area (Å²) in [6.45, 7) is 11.7. The maximum absolute atomic E-state index is 12.0. The number of aliphatic hydroxyl groups excluding tert-OH is 1. The van der Waals surface area contributed by atoms with Gasteiger partial charge in [0.25, 0.3) is 0 Å². The Morgan fingerprint density at radius 1 is 1.21 bits per heavy atom. The van der Waals surface area contributed by atoms with Gasteiger partial charge in [-0.2, -0.15) is 0 Å². The minimum absolute atomic E-state index is 0.00679. The van der Waals surface area contributed by atoms with E-state index in [1.165, 1.54) is 32.1 Å². The molecule has 1 fully saturated rings. The SMILES string of the molecule is CCOC(=O)CC(C)c1ccc(N(CC(C)C)C2CCCCC2)c(NC(=S)N[C@@H](C)CO)c1. The Kier molecular flexibility index (Phi) is 11.4. The minimum atomic E-state index is -0.179. The lowest BCUT2D eigenvalue weighted by atomic mass is 9.92. The summed E-state index contributed by atoms with van der Waals surface area (Å²) in [6.07, 6.45) is 6.61. The van der Waals surface area contributed by atoms with Crippen LogP contribution in [0.25, 0.3) is 0 Å². The van der Waals surface area contributed by atoms with E-state index in [0.717, 1.165) is 23.5 Å². The maximum Gasteiger partial charge on any atom is 0.306 e.